The van der Waals surface area contributed by atoms with E-state index >= 15 is 0 Å². The first kappa shape index (κ1) is 12.8. The number of rotatable bonds is 3. The monoisotopic (exact) mass is 203 g/mol. The van der Waals surface area contributed by atoms with Crippen molar-refractivity contribution in [1.29, 1.82) is 0 Å². The highest BCUT2D eigenvalue weighted by Crippen LogP contribution is 2.18. The minimum atomic E-state index is -1.12. The Morgan fingerprint density at radius 3 is 2.00 bits per heavy atom. The second-order valence-corrected chi connectivity index (χ2v) is 6.87. The van der Waals surface area contributed by atoms with Gasteiger partial charge in [0, 0.05) is 11.6 Å². The molecule has 0 aromatic carbocycles. The molecule has 2 nitrogen and oxygen atoms in total. The molecule has 1 atom stereocenters. The van der Waals surface area contributed by atoms with Crippen LogP contribution in [0, 0.1) is 5.41 Å². The van der Waals surface area contributed by atoms with Gasteiger partial charge in [-0.2, -0.15) is 4.40 Å². The molecule has 3 heteroatoms. The topological polar surface area (TPSA) is 29.4 Å². The maximum atomic E-state index is 11.5. The van der Waals surface area contributed by atoms with Crippen LogP contribution in [0.2, 0.25) is 0 Å². The van der Waals surface area contributed by atoms with Crippen LogP contribution in [0.25, 0.3) is 0 Å². The molecule has 0 aliphatic rings. The van der Waals surface area contributed by atoms with Crippen LogP contribution < -0.4 is 0 Å². The molecule has 0 aromatic heterocycles. The van der Waals surface area contributed by atoms with Crippen molar-refractivity contribution in [3.05, 3.63) is 0 Å². The summed E-state index contributed by atoms with van der Waals surface area (Å²) in [5, 5.41) is 0. The van der Waals surface area contributed by atoms with E-state index in [9.17, 15) is 4.21 Å². The van der Waals surface area contributed by atoms with E-state index in [2.05, 4.69) is 25.2 Å². The van der Waals surface area contributed by atoms with Crippen LogP contribution in [0.4, 0.5) is 0 Å². The number of hydrogen-bond donors (Lipinski definition) is 0. The van der Waals surface area contributed by atoms with E-state index in [0.717, 1.165) is 6.42 Å². The van der Waals surface area contributed by atoms with Gasteiger partial charge in [0.1, 0.15) is 11.0 Å². The number of nitrogens with zero attached hydrogens (tertiary/aromatic N) is 1. The lowest BCUT2D eigenvalue weighted by Gasteiger charge is -2.18. The Labute approximate surface area is 84.4 Å². The summed E-state index contributed by atoms with van der Waals surface area (Å²) in [6.45, 7) is 12.1. The van der Waals surface area contributed by atoms with Gasteiger partial charge in [-0.05, 0) is 27.2 Å². The molecule has 78 valence electrons. The van der Waals surface area contributed by atoms with Gasteiger partial charge in [0.25, 0.3) is 0 Å². The molecule has 0 heterocycles. The van der Waals surface area contributed by atoms with Crippen molar-refractivity contribution in [2.75, 3.05) is 0 Å². The van der Waals surface area contributed by atoms with Gasteiger partial charge in [0.2, 0.25) is 0 Å². The quantitative estimate of drug-likeness (QED) is 0.648. The molecule has 0 spiro atoms. The van der Waals surface area contributed by atoms with Gasteiger partial charge < -0.3 is 0 Å². The zero-order valence-electron chi connectivity index (χ0n) is 9.55. The largest absolute Gasteiger partial charge is 0.234 e. The second-order valence-electron chi connectivity index (χ2n) is 4.94. The Balaban J connectivity index is 4.38. The molecule has 0 bridgehead atoms. The van der Waals surface area contributed by atoms with E-state index in [4.69, 9.17) is 0 Å². The Hall–Kier alpha value is -0.180. The normalized spacial score (nSPS) is 16.5. The van der Waals surface area contributed by atoms with Crippen molar-refractivity contribution in [1.82, 2.24) is 0 Å². The Bertz CT molecular complexity index is 213. The van der Waals surface area contributed by atoms with Crippen LogP contribution in [0.1, 0.15) is 48.0 Å². The summed E-state index contributed by atoms with van der Waals surface area (Å²) < 4.78 is 15.4. The molecular formula is C10H21NOS. The zero-order chi connectivity index (χ0) is 10.7. The lowest BCUT2D eigenvalue weighted by molar-refractivity contribution is 0.516. The third-order valence-electron chi connectivity index (χ3n) is 1.93. The molecule has 0 aliphatic heterocycles. The van der Waals surface area contributed by atoms with Crippen molar-refractivity contribution in [2.45, 2.75) is 52.7 Å². The molecule has 0 N–H and O–H groups in total. The van der Waals surface area contributed by atoms with E-state index in [1.54, 1.807) is 0 Å². The highest BCUT2D eigenvalue weighted by molar-refractivity contribution is 7.85. The van der Waals surface area contributed by atoms with Crippen LogP contribution in [-0.2, 0) is 11.0 Å². The molecule has 0 aliphatic carbocycles. The van der Waals surface area contributed by atoms with E-state index < -0.39 is 11.0 Å². The Kier molecular flexibility index (Phi) is 4.30. The molecular weight excluding hydrogens is 182 g/mol. The van der Waals surface area contributed by atoms with Gasteiger partial charge in [-0.25, -0.2) is 4.21 Å². The summed E-state index contributed by atoms with van der Waals surface area (Å²) >= 11 is 0. The Morgan fingerprint density at radius 2 is 1.69 bits per heavy atom. The van der Waals surface area contributed by atoms with Crippen LogP contribution in [-0.4, -0.2) is 15.2 Å². The molecule has 0 aromatic rings. The van der Waals surface area contributed by atoms with Gasteiger partial charge in [-0.3, -0.25) is 0 Å². The van der Waals surface area contributed by atoms with E-state index in [-0.39, 0.29) is 10.2 Å². The molecule has 13 heavy (non-hydrogen) atoms. The average Bonchev–Trinajstić information content (AvgIpc) is 1.98. The fraction of sp³-hybridized carbons (Fsp3) is 0.900. The summed E-state index contributed by atoms with van der Waals surface area (Å²) in [6.07, 6.45) is 2.83. The maximum Gasteiger partial charge on any atom is 0.144 e. The van der Waals surface area contributed by atoms with Crippen LogP contribution >= 0.6 is 0 Å². The number of hydrogen-bond acceptors (Lipinski definition) is 1. The summed E-state index contributed by atoms with van der Waals surface area (Å²) in [6, 6.07) is 0. The molecule has 0 saturated heterocycles. The van der Waals surface area contributed by atoms with Gasteiger partial charge >= 0.3 is 0 Å². The van der Waals surface area contributed by atoms with Crippen molar-refractivity contribution < 1.29 is 4.21 Å². The summed E-state index contributed by atoms with van der Waals surface area (Å²) in [4.78, 5) is 0. The fourth-order valence-corrected chi connectivity index (χ4v) is 1.14. The molecule has 0 radical (unpaired) electrons. The average molecular weight is 203 g/mol. The highest BCUT2D eigenvalue weighted by Gasteiger charge is 2.19. The van der Waals surface area contributed by atoms with E-state index in [1.165, 1.54) is 0 Å². The molecule has 0 amide bonds. The summed E-state index contributed by atoms with van der Waals surface area (Å²) in [7, 11) is -1.12. The minimum Gasteiger partial charge on any atom is -0.234 e. The third-order valence-corrected chi connectivity index (χ3v) is 3.28. The molecule has 0 rings (SSSR count). The Morgan fingerprint density at radius 1 is 1.23 bits per heavy atom. The lowest BCUT2D eigenvalue weighted by Crippen LogP contribution is -2.21. The van der Waals surface area contributed by atoms with Gasteiger partial charge in [0.05, 0.1) is 4.75 Å². The SMILES string of the molecule is CCC(C)(C)C=N[S@](=O)C(C)(C)C. The maximum absolute atomic E-state index is 11.5. The van der Waals surface area contributed by atoms with Crippen molar-refractivity contribution in [2.24, 2.45) is 9.81 Å². The van der Waals surface area contributed by atoms with Gasteiger partial charge in [0.15, 0.2) is 0 Å². The van der Waals surface area contributed by atoms with E-state index in [1.807, 2.05) is 27.0 Å². The van der Waals surface area contributed by atoms with Gasteiger partial charge in [-0.1, -0.05) is 20.8 Å². The minimum absolute atomic E-state index is 0.0565. The van der Waals surface area contributed by atoms with Crippen molar-refractivity contribution in [3.63, 3.8) is 0 Å². The first-order valence-corrected chi connectivity index (χ1v) is 5.77. The van der Waals surface area contributed by atoms with Crippen LogP contribution in [0.15, 0.2) is 4.40 Å². The van der Waals surface area contributed by atoms with Crippen LogP contribution in [0.5, 0.6) is 0 Å². The second kappa shape index (κ2) is 4.36. The highest BCUT2D eigenvalue weighted by atomic mass is 32.2. The first-order chi connectivity index (χ1) is 5.69. The van der Waals surface area contributed by atoms with E-state index in [0.29, 0.717) is 0 Å². The van der Waals surface area contributed by atoms with Gasteiger partial charge in [-0.15, -0.1) is 0 Å². The first-order valence-electron chi connectivity index (χ1n) is 4.66. The predicted octanol–water partition coefficient (Wildman–Crippen LogP) is 2.96. The smallest absolute Gasteiger partial charge is 0.144 e. The predicted molar refractivity (Wildman–Crippen MR) is 60.5 cm³/mol. The zero-order valence-corrected chi connectivity index (χ0v) is 10.4. The molecule has 0 fully saturated rings. The van der Waals surface area contributed by atoms with Crippen LogP contribution in [0.3, 0.4) is 0 Å². The summed E-state index contributed by atoms with van der Waals surface area (Å²) in [5.41, 5.74) is 0.0565. The molecule has 0 unspecified atom stereocenters. The third kappa shape index (κ3) is 5.19. The standard InChI is InChI=1S/C10H21NOS/c1-7-10(5,6)8-11-13(12)9(2,3)4/h8H,7H2,1-6H3/t13-/m1/s1. The fourth-order valence-electron chi connectivity index (χ4n) is 0.440. The molecule has 0 saturated carbocycles. The lowest BCUT2D eigenvalue weighted by atomic mass is 9.92. The van der Waals surface area contributed by atoms with Crippen molar-refractivity contribution in [3.8, 4) is 0 Å². The summed E-state index contributed by atoms with van der Waals surface area (Å²) in [5.74, 6) is 0. The van der Waals surface area contributed by atoms with Crippen molar-refractivity contribution >= 4 is 17.2 Å².